The van der Waals surface area contributed by atoms with E-state index in [1.807, 2.05) is 27.7 Å². The maximum atomic E-state index is 10.7. The molecule has 3 heteroatoms. The number of carboxylic acids is 1. The smallest absolute Gasteiger partial charge is 0.371 e. The molecule has 3 nitrogen and oxygen atoms in total. The van der Waals surface area contributed by atoms with Crippen LogP contribution in [0.3, 0.4) is 0 Å². The van der Waals surface area contributed by atoms with Crippen LogP contribution >= 0.6 is 0 Å². The molecule has 0 saturated carbocycles. The summed E-state index contributed by atoms with van der Waals surface area (Å²) in [5.41, 5.74) is 0.998. The molecule has 0 fully saturated rings. The summed E-state index contributed by atoms with van der Waals surface area (Å²) in [6.45, 7) is 8.05. The Hall–Kier alpha value is -1.25. The summed E-state index contributed by atoms with van der Waals surface area (Å²) >= 11 is 0. The molecule has 0 amide bonds. The number of rotatable bonds is 3. The van der Waals surface area contributed by atoms with Crippen molar-refractivity contribution in [3.8, 4) is 0 Å². The first-order valence-corrected chi connectivity index (χ1v) is 4.80. The Kier molecular flexibility index (Phi) is 2.99. The van der Waals surface area contributed by atoms with Crippen LogP contribution in [0.15, 0.2) is 10.5 Å². The summed E-state index contributed by atoms with van der Waals surface area (Å²) in [4.78, 5) is 10.7. The molecule has 1 aromatic rings. The van der Waals surface area contributed by atoms with Gasteiger partial charge < -0.3 is 9.52 Å². The Morgan fingerprint density at radius 3 is 2.14 bits per heavy atom. The first-order chi connectivity index (χ1) is 6.43. The zero-order valence-corrected chi connectivity index (χ0v) is 9.00. The van der Waals surface area contributed by atoms with Gasteiger partial charge in [-0.05, 0) is 17.5 Å². The van der Waals surface area contributed by atoms with Gasteiger partial charge in [0.25, 0.3) is 0 Å². The van der Waals surface area contributed by atoms with Crippen molar-refractivity contribution in [1.82, 2.24) is 0 Å². The molecule has 0 aromatic carbocycles. The summed E-state index contributed by atoms with van der Waals surface area (Å²) in [6, 6.07) is 1.63. The van der Waals surface area contributed by atoms with Gasteiger partial charge in [-0.2, -0.15) is 0 Å². The predicted octanol–water partition coefficient (Wildman–Crippen LogP) is 3.22. The van der Waals surface area contributed by atoms with Gasteiger partial charge in [-0.15, -0.1) is 0 Å². The van der Waals surface area contributed by atoms with E-state index in [4.69, 9.17) is 9.52 Å². The first kappa shape index (κ1) is 10.8. The summed E-state index contributed by atoms with van der Waals surface area (Å²) in [5.74, 6) is 0.346. The van der Waals surface area contributed by atoms with Crippen molar-refractivity contribution in [1.29, 1.82) is 0 Å². The van der Waals surface area contributed by atoms with Crippen LogP contribution < -0.4 is 0 Å². The van der Waals surface area contributed by atoms with Gasteiger partial charge in [-0.3, -0.25) is 0 Å². The van der Waals surface area contributed by atoms with Gasteiger partial charge in [-0.1, -0.05) is 27.7 Å². The van der Waals surface area contributed by atoms with Crippen LogP contribution in [0, 0.1) is 0 Å². The van der Waals surface area contributed by atoms with Crippen molar-refractivity contribution in [3.05, 3.63) is 23.2 Å². The molecule has 78 valence electrons. The molecule has 0 spiro atoms. The van der Waals surface area contributed by atoms with Gasteiger partial charge in [0, 0.05) is 5.92 Å². The van der Waals surface area contributed by atoms with Gasteiger partial charge in [-0.25, -0.2) is 4.79 Å². The largest absolute Gasteiger partial charge is 0.475 e. The molecule has 1 rings (SSSR count). The molecule has 0 atom stereocenters. The fraction of sp³-hybridized carbons (Fsp3) is 0.545. The van der Waals surface area contributed by atoms with Crippen LogP contribution in [0.25, 0.3) is 0 Å². The van der Waals surface area contributed by atoms with E-state index in [1.165, 1.54) is 0 Å². The van der Waals surface area contributed by atoms with Gasteiger partial charge in [0.05, 0.1) is 0 Å². The van der Waals surface area contributed by atoms with Crippen molar-refractivity contribution < 1.29 is 14.3 Å². The molecule has 1 aromatic heterocycles. The third-order valence-corrected chi connectivity index (χ3v) is 2.15. The van der Waals surface area contributed by atoms with Crippen molar-refractivity contribution >= 4 is 5.97 Å². The summed E-state index contributed by atoms with van der Waals surface area (Å²) < 4.78 is 5.30. The normalized spacial score (nSPS) is 11.3. The molecule has 0 aliphatic rings. The maximum Gasteiger partial charge on any atom is 0.371 e. The Bertz CT molecular complexity index is 309. The van der Waals surface area contributed by atoms with Gasteiger partial charge >= 0.3 is 5.97 Å². The van der Waals surface area contributed by atoms with Crippen LogP contribution in [-0.4, -0.2) is 11.1 Å². The Labute approximate surface area is 83.7 Å². The standard InChI is InChI=1S/C11H16O3/c1-6(2)8-5-9(11(12)13)14-10(8)7(3)4/h5-7H,1-4H3,(H,12,13). The number of aromatic carboxylic acids is 1. The van der Waals surface area contributed by atoms with Gasteiger partial charge in [0.15, 0.2) is 0 Å². The molecule has 0 aliphatic carbocycles. The average molecular weight is 196 g/mol. The van der Waals surface area contributed by atoms with E-state index in [0.29, 0.717) is 5.92 Å². The van der Waals surface area contributed by atoms with Crippen LogP contribution in [0.1, 0.15) is 61.4 Å². The molecule has 1 heterocycles. The highest BCUT2D eigenvalue weighted by molar-refractivity contribution is 5.84. The van der Waals surface area contributed by atoms with E-state index < -0.39 is 5.97 Å². The van der Waals surface area contributed by atoms with Gasteiger partial charge in [0.2, 0.25) is 5.76 Å². The van der Waals surface area contributed by atoms with Crippen LogP contribution in [0.5, 0.6) is 0 Å². The third-order valence-electron chi connectivity index (χ3n) is 2.15. The minimum atomic E-state index is -1.00. The van der Waals surface area contributed by atoms with E-state index in [0.717, 1.165) is 11.3 Å². The number of carbonyl (C=O) groups is 1. The minimum absolute atomic E-state index is 0.0393. The maximum absolute atomic E-state index is 10.7. The Morgan fingerprint density at radius 1 is 1.29 bits per heavy atom. The second-order valence-electron chi connectivity index (χ2n) is 4.04. The molecular formula is C11H16O3. The topological polar surface area (TPSA) is 50.4 Å². The monoisotopic (exact) mass is 196 g/mol. The van der Waals surface area contributed by atoms with E-state index in [1.54, 1.807) is 6.07 Å². The quantitative estimate of drug-likeness (QED) is 0.807. The lowest BCUT2D eigenvalue weighted by Crippen LogP contribution is -1.93. The molecular weight excluding hydrogens is 180 g/mol. The average Bonchev–Trinajstić information content (AvgIpc) is 2.47. The number of hydrogen-bond donors (Lipinski definition) is 1. The molecule has 0 aliphatic heterocycles. The summed E-state index contributed by atoms with van der Waals surface area (Å²) in [5, 5.41) is 8.79. The van der Waals surface area contributed by atoms with E-state index in [2.05, 4.69) is 0 Å². The lowest BCUT2D eigenvalue weighted by atomic mass is 9.98. The SMILES string of the molecule is CC(C)c1cc(C(=O)O)oc1C(C)C. The van der Waals surface area contributed by atoms with E-state index in [9.17, 15) is 4.79 Å². The molecule has 14 heavy (non-hydrogen) atoms. The van der Waals surface area contributed by atoms with Crippen molar-refractivity contribution in [2.45, 2.75) is 39.5 Å². The van der Waals surface area contributed by atoms with Crippen LogP contribution in [0.2, 0.25) is 0 Å². The van der Waals surface area contributed by atoms with Crippen molar-refractivity contribution in [3.63, 3.8) is 0 Å². The third kappa shape index (κ3) is 1.97. The van der Waals surface area contributed by atoms with Crippen molar-refractivity contribution in [2.24, 2.45) is 0 Å². The highest BCUT2D eigenvalue weighted by Crippen LogP contribution is 2.29. The summed E-state index contributed by atoms with van der Waals surface area (Å²) in [7, 11) is 0. The van der Waals surface area contributed by atoms with Crippen LogP contribution in [0.4, 0.5) is 0 Å². The highest BCUT2D eigenvalue weighted by atomic mass is 16.4. The van der Waals surface area contributed by atoms with Gasteiger partial charge in [0.1, 0.15) is 5.76 Å². The molecule has 0 saturated heterocycles. The molecule has 1 N–H and O–H groups in total. The molecule has 0 radical (unpaired) electrons. The first-order valence-electron chi connectivity index (χ1n) is 4.80. The highest BCUT2D eigenvalue weighted by Gasteiger charge is 2.19. The predicted molar refractivity (Wildman–Crippen MR) is 53.8 cm³/mol. The fourth-order valence-corrected chi connectivity index (χ4v) is 1.43. The minimum Gasteiger partial charge on any atom is -0.475 e. The summed E-state index contributed by atoms with van der Waals surface area (Å²) in [6.07, 6.45) is 0. The van der Waals surface area contributed by atoms with Crippen LogP contribution in [-0.2, 0) is 0 Å². The zero-order chi connectivity index (χ0) is 10.9. The Morgan fingerprint density at radius 2 is 1.86 bits per heavy atom. The van der Waals surface area contributed by atoms with Crippen molar-refractivity contribution in [2.75, 3.05) is 0 Å². The second kappa shape index (κ2) is 3.86. The zero-order valence-electron chi connectivity index (χ0n) is 9.00. The lowest BCUT2D eigenvalue weighted by Gasteiger charge is -2.07. The molecule has 0 bridgehead atoms. The number of hydrogen-bond acceptors (Lipinski definition) is 2. The molecule has 0 unspecified atom stereocenters. The fourth-order valence-electron chi connectivity index (χ4n) is 1.43. The Balaban J connectivity index is 3.19. The second-order valence-corrected chi connectivity index (χ2v) is 4.04. The van der Waals surface area contributed by atoms with E-state index >= 15 is 0 Å². The van der Waals surface area contributed by atoms with E-state index in [-0.39, 0.29) is 11.7 Å². The number of carboxylic acid groups (broad SMARTS) is 1. The number of furan rings is 1. The lowest BCUT2D eigenvalue weighted by molar-refractivity contribution is 0.0660.